The molecule has 0 radical (unpaired) electrons. The van der Waals surface area contributed by atoms with E-state index in [0.717, 1.165) is 0 Å². The lowest BCUT2D eigenvalue weighted by atomic mass is 10.1. The number of benzene rings is 1. The van der Waals surface area contributed by atoms with E-state index in [-0.39, 0.29) is 11.9 Å². The van der Waals surface area contributed by atoms with Gasteiger partial charge in [0, 0.05) is 7.05 Å². The summed E-state index contributed by atoms with van der Waals surface area (Å²) in [4.78, 5) is 11.8. The van der Waals surface area contributed by atoms with Crippen LogP contribution in [0, 0.1) is 12.7 Å². The van der Waals surface area contributed by atoms with Gasteiger partial charge in [-0.2, -0.15) is 0 Å². The molecule has 0 aliphatic heterocycles. The van der Waals surface area contributed by atoms with Gasteiger partial charge in [0.05, 0.1) is 12.2 Å². The summed E-state index contributed by atoms with van der Waals surface area (Å²) in [5.41, 5.74) is 1.27. The Morgan fingerprint density at radius 1 is 1.45 bits per heavy atom. The molecule has 0 bridgehead atoms. The van der Waals surface area contributed by atoms with Crippen molar-refractivity contribution in [2.75, 3.05) is 5.32 Å². The number of halogens is 1. The SMILES string of the molecule is Cc1ccc([C@@H](C)NC(=O)Nc2cn(C)nn2)cc1F. The highest BCUT2D eigenvalue weighted by molar-refractivity contribution is 5.88. The van der Waals surface area contributed by atoms with Gasteiger partial charge < -0.3 is 5.32 Å². The zero-order valence-electron chi connectivity index (χ0n) is 11.5. The Balaban J connectivity index is 1.98. The van der Waals surface area contributed by atoms with Crippen molar-refractivity contribution in [3.63, 3.8) is 0 Å². The van der Waals surface area contributed by atoms with E-state index >= 15 is 0 Å². The van der Waals surface area contributed by atoms with Crippen molar-refractivity contribution in [1.29, 1.82) is 0 Å². The van der Waals surface area contributed by atoms with Crippen LogP contribution in [0.25, 0.3) is 0 Å². The number of aryl methyl sites for hydroxylation is 2. The molecule has 1 aromatic heterocycles. The molecule has 2 rings (SSSR count). The van der Waals surface area contributed by atoms with Crippen LogP contribution in [0.5, 0.6) is 0 Å². The van der Waals surface area contributed by atoms with Gasteiger partial charge in [0.1, 0.15) is 5.82 Å². The van der Waals surface area contributed by atoms with E-state index in [0.29, 0.717) is 16.9 Å². The second-order valence-corrected chi connectivity index (χ2v) is 4.61. The molecule has 0 saturated carbocycles. The summed E-state index contributed by atoms with van der Waals surface area (Å²) in [7, 11) is 1.70. The molecule has 0 aliphatic rings. The molecule has 2 aromatic rings. The Labute approximate surface area is 116 Å². The average Bonchev–Trinajstić information content (AvgIpc) is 2.77. The zero-order valence-corrected chi connectivity index (χ0v) is 11.5. The first-order valence-electron chi connectivity index (χ1n) is 6.15. The summed E-state index contributed by atoms with van der Waals surface area (Å²) >= 11 is 0. The summed E-state index contributed by atoms with van der Waals surface area (Å²) in [6.45, 7) is 3.47. The molecule has 0 unspecified atom stereocenters. The summed E-state index contributed by atoms with van der Waals surface area (Å²) < 4.78 is 15.0. The van der Waals surface area contributed by atoms with E-state index in [9.17, 15) is 9.18 Å². The minimum Gasteiger partial charge on any atom is -0.331 e. The van der Waals surface area contributed by atoms with E-state index in [4.69, 9.17) is 0 Å². The third kappa shape index (κ3) is 3.31. The van der Waals surface area contributed by atoms with Crippen LogP contribution in [-0.4, -0.2) is 21.0 Å². The second kappa shape index (κ2) is 5.68. The number of rotatable bonds is 3. The van der Waals surface area contributed by atoms with Crippen LogP contribution in [-0.2, 0) is 7.05 Å². The lowest BCUT2D eigenvalue weighted by Crippen LogP contribution is -2.31. The predicted molar refractivity (Wildman–Crippen MR) is 72.7 cm³/mol. The third-order valence-electron chi connectivity index (χ3n) is 2.89. The quantitative estimate of drug-likeness (QED) is 0.903. The number of hydrogen-bond acceptors (Lipinski definition) is 3. The number of carbonyl (C=O) groups is 1. The van der Waals surface area contributed by atoms with E-state index in [1.165, 1.54) is 10.7 Å². The molecular weight excluding hydrogens is 261 g/mol. The Kier molecular flexibility index (Phi) is 3.97. The van der Waals surface area contributed by atoms with Crippen LogP contribution in [0.2, 0.25) is 0 Å². The van der Waals surface area contributed by atoms with Crippen molar-refractivity contribution in [2.24, 2.45) is 7.05 Å². The van der Waals surface area contributed by atoms with Gasteiger partial charge in [0.25, 0.3) is 0 Å². The van der Waals surface area contributed by atoms with Gasteiger partial charge in [-0.3, -0.25) is 10.00 Å². The molecule has 2 N–H and O–H groups in total. The Hall–Kier alpha value is -2.44. The van der Waals surface area contributed by atoms with Gasteiger partial charge in [-0.25, -0.2) is 9.18 Å². The highest BCUT2D eigenvalue weighted by Gasteiger charge is 2.12. The molecule has 1 aromatic carbocycles. The molecule has 6 nitrogen and oxygen atoms in total. The summed E-state index contributed by atoms with van der Waals surface area (Å²) in [6, 6.07) is 4.15. The van der Waals surface area contributed by atoms with Crippen LogP contribution >= 0.6 is 0 Å². The summed E-state index contributed by atoms with van der Waals surface area (Å²) in [6.07, 6.45) is 1.58. The number of nitrogens with one attached hydrogen (secondary N) is 2. The Bertz CT molecular complexity index is 625. The van der Waals surface area contributed by atoms with Gasteiger partial charge in [-0.1, -0.05) is 17.3 Å². The standard InChI is InChI=1S/C13H16FN5O/c1-8-4-5-10(6-11(8)14)9(2)15-13(20)16-12-7-19(3)18-17-12/h4-7,9H,1-3H3,(H2,15,16,20)/t9-/m1/s1. The molecule has 0 aliphatic carbocycles. The van der Waals surface area contributed by atoms with Crippen molar-refractivity contribution >= 4 is 11.8 Å². The van der Waals surface area contributed by atoms with Gasteiger partial charge in [0.15, 0.2) is 5.82 Å². The Morgan fingerprint density at radius 3 is 2.80 bits per heavy atom. The molecule has 1 atom stereocenters. The summed E-state index contributed by atoms with van der Waals surface area (Å²) in [5.74, 6) is 0.0674. The van der Waals surface area contributed by atoms with Gasteiger partial charge in [-0.15, -0.1) is 5.10 Å². The largest absolute Gasteiger partial charge is 0.331 e. The van der Waals surface area contributed by atoms with Gasteiger partial charge in [-0.05, 0) is 31.0 Å². The van der Waals surface area contributed by atoms with Crippen LogP contribution in [0.1, 0.15) is 24.1 Å². The normalized spacial score (nSPS) is 12.0. The Morgan fingerprint density at radius 2 is 2.20 bits per heavy atom. The van der Waals surface area contributed by atoms with E-state index in [1.54, 1.807) is 39.2 Å². The van der Waals surface area contributed by atoms with Crippen LogP contribution < -0.4 is 10.6 Å². The number of carbonyl (C=O) groups excluding carboxylic acids is 1. The van der Waals surface area contributed by atoms with E-state index in [1.807, 2.05) is 0 Å². The number of nitrogens with zero attached hydrogens (tertiary/aromatic N) is 3. The van der Waals surface area contributed by atoms with Crippen LogP contribution in [0.3, 0.4) is 0 Å². The van der Waals surface area contributed by atoms with Crippen molar-refractivity contribution in [3.05, 3.63) is 41.3 Å². The van der Waals surface area contributed by atoms with Crippen molar-refractivity contribution in [2.45, 2.75) is 19.9 Å². The molecular formula is C13H16FN5O. The first kappa shape index (κ1) is 14.0. The third-order valence-corrected chi connectivity index (χ3v) is 2.89. The molecule has 2 amide bonds. The number of amides is 2. The maximum atomic E-state index is 13.5. The fourth-order valence-electron chi connectivity index (χ4n) is 1.72. The highest BCUT2D eigenvalue weighted by atomic mass is 19.1. The number of urea groups is 1. The maximum absolute atomic E-state index is 13.5. The predicted octanol–water partition coefficient (Wildman–Crippen LogP) is 2.15. The average molecular weight is 277 g/mol. The second-order valence-electron chi connectivity index (χ2n) is 4.61. The smallest absolute Gasteiger partial charge is 0.320 e. The number of hydrogen-bond donors (Lipinski definition) is 2. The van der Waals surface area contributed by atoms with Crippen molar-refractivity contribution < 1.29 is 9.18 Å². The molecule has 0 fully saturated rings. The highest BCUT2D eigenvalue weighted by Crippen LogP contribution is 2.16. The molecule has 0 saturated heterocycles. The van der Waals surface area contributed by atoms with Crippen molar-refractivity contribution in [1.82, 2.24) is 20.3 Å². The van der Waals surface area contributed by atoms with Crippen LogP contribution in [0.15, 0.2) is 24.4 Å². The van der Waals surface area contributed by atoms with E-state index in [2.05, 4.69) is 20.9 Å². The first-order valence-corrected chi connectivity index (χ1v) is 6.15. The molecule has 7 heteroatoms. The van der Waals surface area contributed by atoms with E-state index < -0.39 is 6.03 Å². The maximum Gasteiger partial charge on any atom is 0.320 e. The van der Waals surface area contributed by atoms with Crippen LogP contribution in [0.4, 0.5) is 15.0 Å². The zero-order chi connectivity index (χ0) is 14.7. The van der Waals surface area contributed by atoms with Gasteiger partial charge >= 0.3 is 6.03 Å². The molecule has 0 spiro atoms. The lowest BCUT2D eigenvalue weighted by Gasteiger charge is -2.14. The fourth-order valence-corrected chi connectivity index (χ4v) is 1.72. The molecule has 106 valence electrons. The molecule has 1 heterocycles. The summed E-state index contributed by atoms with van der Waals surface area (Å²) in [5, 5.41) is 12.7. The minimum absolute atomic E-state index is 0.287. The van der Waals surface area contributed by atoms with Crippen molar-refractivity contribution in [3.8, 4) is 0 Å². The van der Waals surface area contributed by atoms with Gasteiger partial charge in [0.2, 0.25) is 0 Å². The lowest BCUT2D eigenvalue weighted by molar-refractivity contribution is 0.249. The number of anilines is 1. The minimum atomic E-state index is -0.418. The number of aromatic nitrogens is 3. The topological polar surface area (TPSA) is 71.8 Å². The first-order chi connectivity index (χ1) is 9.45. The fraction of sp³-hybridized carbons (Fsp3) is 0.308. The molecule has 20 heavy (non-hydrogen) atoms. The monoisotopic (exact) mass is 277 g/mol.